The van der Waals surface area contributed by atoms with E-state index >= 15 is 0 Å². The molecule has 9 heteroatoms. The maximum atomic E-state index is 12.4. The van der Waals surface area contributed by atoms with Crippen LogP contribution in [0.5, 0.6) is 5.75 Å². The van der Waals surface area contributed by atoms with Crippen LogP contribution >= 0.6 is 0 Å². The number of ether oxygens (including phenoxy) is 2. The van der Waals surface area contributed by atoms with E-state index in [-0.39, 0.29) is 22.9 Å². The second kappa shape index (κ2) is 8.13. The van der Waals surface area contributed by atoms with E-state index in [0.717, 1.165) is 10.7 Å². The Bertz CT molecular complexity index is 948. The van der Waals surface area contributed by atoms with Crippen LogP contribution in [0, 0.1) is 0 Å². The third kappa shape index (κ3) is 4.29. The second-order valence-electron chi connectivity index (χ2n) is 5.29. The Balaban J connectivity index is 2.64. The molecule has 0 aliphatic carbocycles. The number of esters is 1. The average molecular weight is 380 g/mol. The zero-order valence-electron chi connectivity index (χ0n) is 14.8. The van der Waals surface area contributed by atoms with Gasteiger partial charge < -0.3 is 9.47 Å². The van der Waals surface area contributed by atoms with Gasteiger partial charge in [-0.15, -0.1) is 0 Å². The SMILES string of the molecule is CCOC(=O)Cn1nc(-c2ccc(OC)cc2)c(S(=O)(=O)CC)cc1=O. The Morgan fingerprint density at radius 3 is 2.38 bits per heavy atom. The number of nitrogens with zero attached hydrogens (tertiary/aromatic N) is 2. The third-order valence-electron chi connectivity index (χ3n) is 3.63. The van der Waals surface area contributed by atoms with Crippen molar-refractivity contribution >= 4 is 15.8 Å². The smallest absolute Gasteiger partial charge is 0.327 e. The fourth-order valence-electron chi connectivity index (χ4n) is 2.26. The van der Waals surface area contributed by atoms with Crippen molar-refractivity contribution < 1.29 is 22.7 Å². The first kappa shape index (κ1) is 19.6. The lowest BCUT2D eigenvalue weighted by molar-refractivity contribution is -0.144. The van der Waals surface area contributed by atoms with Crippen molar-refractivity contribution in [2.75, 3.05) is 19.5 Å². The molecular weight excluding hydrogens is 360 g/mol. The second-order valence-corrected chi connectivity index (χ2v) is 7.54. The van der Waals surface area contributed by atoms with E-state index in [0.29, 0.717) is 11.3 Å². The molecule has 26 heavy (non-hydrogen) atoms. The van der Waals surface area contributed by atoms with Crippen LogP contribution < -0.4 is 10.3 Å². The maximum absolute atomic E-state index is 12.4. The average Bonchev–Trinajstić information content (AvgIpc) is 2.63. The summed E-state index contributed by atoms with van der Waals surface area (Å²) in [6.45, 7) is 2.90. The van der Waals surface area contributed by atoms with Crippen molar-refractivity contribution in [1.82, 2.24) is 9.78 Å². The van der Waals surface area contributed by atoms with Crippen molar-refractivity contribution in [3.8, 4) is 17.0 Å². The van der Waals surface area contributed by atoms with Crippen molar-refractivity contribution in [3.63, 3.8) is 0 Å². The van der Waals surface area contributed by atoms with E-state index in [4.69, 9.17) is 9.47 Å². The Labute approximate surface area is 151 Å². The number of benzene rings is 1. The molecular formula is C17H20N2O6S. The summed E-state index contributed by atoms with van der Waals surface area (Å²) in [5.41, 5.74) is -0.115. The van der Waals surface area contributed by atoms with Gasteiger partial charge in [0.1, 0.15) is 22.9 Å². The van der Waals surface area contributed by atoms with Gasteiger partial charge in [0.05, 0.1) is 19.5 Å². The van der Waals surface area contributed by atoms with Gasteiger partial charge in [0.25, 0.3) is 5.56 Å². The first-order valence-corrected chi connectivity index (χ1v) is 9.62. The number of carbonyl (C=O) groups excluding carboxylic acids is 1. The van der Waals surface area contributed by atoms with Crippen molar-refractivity contribution in [3.05, 3.63) is 40.7 Å². The van der Waals surface area contributed by atoms with Gasteiger partial charge in [-0.05, 0) is 31.2 Å². The number of sulfone groups is 1. The predicted molar refractivity (Wildman–Crippen MR) is 94.8 cm³/mol. The first-order valence-electron chi connectivity index (χ1n) is 7.97. The Morgan fingerprint density at radius 2 is 1.85 bits per heavy atom. The molecule has 1 heterocycles. The number of aromatic nitrogens is 2. The number of carbonyl (C=O) groups is 1. The molecule has 0 amide bonds. The summed E-state index contributed by atoms with van der Waals surface area (Å²) >= 11 is 0. The highest BCUT2D eigenvalue weighted by Gasteiger charge is 2.22. The lowest BCUT2D eigenvalue weighted by Crippen LogP contribution is -2.29. The molecule has 0 aliphatic heterocycles. The van der Waals surface area contributed by atoms with Crippen LogP contribution in [0.4, 0.5) is 0 Å². The third-order valence-corrected chi connectivity index (χ3v) is 5.37. The molecule has 0 saturated heterocycles. The van der Waals surface area contributed by atoms with Gasteiger partial charge in [-0.1, -0.05) is 6.92 Å². The summed E-state index contributed by atoms with van der Waals surface area (Å²) in [4.78, 5) is 23.7. The van der Waals surface area contributed by atoms with Crippen LogP contribution in [-0.4, -0.2) is 43.6 Å². The van der Waals surface area contributed by atoms with Crippen LogP contribution in [0.3, 0.4) is 0 Å². The fraction of sp³-hybridized carbons (Fsp3) is 0.353. The van der Waals surface area contributed by atoms with Gasteiger partial charge in [0.2, 0.25) is 0 Å². The van der Waals surface area contributed by atoms with E-state index in [1.807, 2.05) is 0 Å². The van der Waals surface area contributed by atoms with Crippen LogP contribution in [0.15, 0.2) is 40.0 Å². The highest BCUT2D eigenvalue weighted by molar-refractivity contribution is 7.91. The van der Waals surface area contributed by atoms with Gasteiger partial charge in [0, 0.05) is 11.6 Å². The maximum Gasteiger partial charge on any atom is 0.327 e. The Morgan fingerprint density at radius 1 is 1.19 bits per heavy atom. The molecule has 0 fully saturated rings. The minimum Gasteiger partial charge on any atom is -0.497 e. The van der Waals surface area contributed by atoms with Crippen LogP contribution in [-0.2, 0) is 25.9 Å². The molecule has 0 atom stereocenters. The number of hydrogen-bond acceptors (Lipinski definition) is 7. The topological polar surface area (TPSA) is 105 Å². The largest absolute Gasteiger partial charge is 0.497 e. The van der Waals surface area contributed by atoms with Crippen molar-refractivity contribution in [2.24, 2.45) is 0 Å². The van der Waals surface area contributed by atoms with E-state index in [1.165, 1.54) is 14.0 Å². The molecule has 0 aliphatic rings. The summed E-state index contributed by atoms with van der Waals surface area (Å²) in [6.07, 6.45) is 0. The van der Waals surface area contributed by atoms with Crippen molar-refractivity contribution in [2.45, 2.75) is 25.3 Å². The van der Waals surface area contributed by atoms with Crippen LogP contribution in [0.25, 0.3) is 11.3 Å². The monoisotopic (exact) mass is 380 g/mol. The molecule has 0 radical (unpaired) electrons. The predicted octanol–water partition coefficient (Wildman–Crippen LogP) is 1.28. The molecule has 0 unspecified atom stereocenters. The number of hydrogen-bond donors (Lipinski definition) is 0. The quantitative estimate of drug-likeness (QED) is 0.666. The molecule has 2 aromatic rings. The van der Waals surface area contributed by atoms with Gasteiger partial charge in [-0.3, -0.25) is 9.59 Å². The van der Waals surface area contributed by atoms with Gasteiger partial charge >= 0.3 is 5.97 Å². The summed E-state index contributed by atoms with van der Waals surface area (Å²) in [7, 11) is -2.18. The van der Waals surface area contributed by atoms with E-state index in [9.17, 15) is 18.0 Å². The number of rotatable bonds is 7. The Kier molecular flexibility index (Phi) is 6.14. The summed E-state index contributed by atoms with van der Waals surface area (Å²) in [5, 5.41) is 4.12. The standard InChI is InChI=1S/C17H20N2O6S/c1-4-25-16(21)11-19-15(20)10-14(26(22,23)5-2)17(18-19)12-6-8-13(24-3)9-7-12/h6-10H,4-5,11H2,1-3H3. The number of methoxy groups -OCH3 is 1. The summed E-state index contributed by atoms with van der Waals surface area (Å²) in [5.74, 6) is -0.221. The molecule has 0 N–H and O–H groups in total. The lowest BCUT2D eigenvalue weighted by atomic mass is 10.1. The molecule has 1 aromatic heterocycles. The van der Waals surface area contributed by atoms with Gasteiger partial charge in [0.15, 0.2) is 9.84 Å². The molecule has 2 rings (SSSR count). The van der Waals surface area contributed by atoms with Crippen molar-refractivity contribution in [1.29, 1.82) is 0 Å². The van der Waals surface area contributed by atoms with Gasteiger partial charge in [-0.2, -0.15) is 5.10 Å². The minimum atomic E-state index is -3.69. The fourth-order valence-corrected chi connectivity index (χ4v) is 3.30. The molecule has 1 aromatic carbocycles. The highest BCUT2D eigenvalue weighted by Crippen LogP contribution is 2.26. The molecule has 0 bridgehead atoms. The highest BCUT2D eigenvalue weighted by atomic mass is 32.2. The zero-order valence-corrected chi connectivity index (χ0v) is 15.6. The zero-order chi connectivity index (χ0) is 19.3. The van der Waals surface area contributed by atoms with E-state index < -0.39 is 27.9 Å². The summed E-state index contributed by atoms with van der Waals surface area (Å²) < 4.78 is 35.6. The molecule has 8 nitrogen and oxygen atoms in total. The van der Waals surface area contributed by atoms with Crippen LogP contribution in [0.2, 0.25) is 0 Å². The summed E-state index contributed by atoms with van der Waals surface area (Å²) in [6, 6.07) is 7.56. The van der Waals surface area contributed by atoms with E-state index in [1.54, 1.807) is 31.2 Å². The Hall–Kier alpha value is -2.68. The normalized spacial score (nSPS) is 11.2. The van der Waals surface area contributed by atoms with E-state index in [2.05, 4.69) is 5.10 Å². The lowest BCUT2D eigenvalue weighted by Gasteiger charge is -2.12. The van der Waals surface area contributed by atoms with Gasteiger partial charge in [-0.25, -0.2) is 13.1 Å². The minimum absolute atomic E-state index is 0.0957. The first-order chi connectivity index (χ1) is 12.3. The van der Waals surface area contributed by atoms with Crippen LogP contribution in [0.1, 0.15) is 13.8 Å². The molecule has 140 valence electrons. The molecule has 0 saturated carbocycles. The molecule has 0 spiro atoms.